The van der Waals surface area contributed by atoms with Crippen molar-refractivity contribution in [2.45, 2.75) is 45.1 Å². The highest BCUT2D eigenvalue weighted by Crippen LogP contribution is 2.21. The number of nitrogens with zero attached hydrogens (tertiary/aromatic N) is 3. The summed E-state index contributed by atoms with van der Waals surface area (Å²) >= 11 is 1.57. The molecule has 3 rings (SSSR count). The maximum Gasteiger partial charge on any atom is 0.227 e. The zero-order chi connectivity index (χ0) is 16.8. The van der Waals surface area contributed by atoms with Crippen LogP contribution in [0.2, 0.25) is 0 Å². The average Bonchev–Trinajstić information content (AvgIpc) is 3.34. The second kappa shape index (κ2) is 8.39. The van der Waals surface area contributed by atoms with Crippen molar-refractivity contribution < 1.29 is 9.32 Å². The Kier molecular flexibility index (Phi) is 5.98. The van der Waals surface area contributed by atoms with E-state index < -0.39 is 0 Å². The lowest BCUT2D eigenvalue weighted by Gasteiger charge is -2.26. The summed E-state index contributed by atoms with van der Waals surface area (Å²) in [5.41, 5.74) is 0. The van der Waals surface area contributed by atoms with Gasteiger partial charge in [0, 0.05) is 25.4 Å². The first-order valence-electron chi connectivity index (χ1n) is 8.63. The molecule has 1 fully saturated rings. The maximum atomic E-state index is 12.1. The largest absolute Gasteiger partial charge is 0.355 e. The zero-order valence-electron chi connectivity index (χ0n) is 14.0. The van der Waals surface area contributed by atoms with Crippen molar-refractivity contribution in [2.24, 2.45) is 0 Å². The maximum absolute atomic E-state index is 12.1. The molecule has 6 nitrogen and oxygen atoms in total. The van der Waals surface area contributed by atoms with Crippen molar-refractivity contribution >= 4 is 17.2 Å². The Hall–Kier alpha value is -1.73. The molecule has 3 heterocycles. The van der Waals surface area contributed by atoms with Gasteiger partial charge in [0.25, 0.3) is 0 Å². The Morgan fingerprint density at radius 3 is 3.00 bits per heavy atom. The van der Waals surface area contributed by atoms with Crippen LogP contribution >= 0.6 is 11.3 Å². The first-order valence-corrected chi connectivity index (χ1v) is 9.51. The average molecular weight is 348 g/mol. The smallest absolute Gasteiger partial charge is 0.227 e. The van der Waals surface area contributed by atoms with Crippen LogP contribution in [0.5, 0.6) is 0 Å². The molecule has 0 aliphatic carbocycles. The molecule has 0 spiro atoms. The van der Waals surface area contributed by atoms with Crippen molar-refractivity contribution in [2.75, 3.05) is 19.6 Å². The summed E-state index contributed by atoms with van der Waals surface area (Å²) in [7, 11) is 0. The number of hydrogen-bond acceptors (Lipinski definition) is 6. The number of carbonyl (C=O) groups is 1. The predicted octanol–water partition coefficient (Wildman–Crippen LogP) is 2.72. The summed E-state index contributed by atoms with van der Waals surface area (Å²) in [6.45, 7) is 5.21. The van der Waals surface area contributed by atoms with Gasteiger partial charge in [0.2, 0.25) is 17.6 Å². The van der Waals surface area contributed by atoms with E-state index in [4.69, 9.17) is 4.52 Å². The third-order valence-electron chi connectivity index (χ3n) is 4.44. The highest BCUT2D eigenvalue weighted by molar-refractivity contribution is 7.13. The van der Waals surface area contributed by atoms with Gasteiger partial charge < -0.3 is 9.84 Å². The molecule has 0 bridgehead atoms. The van der Waals surface area contributed by atoms with Gasteiger partial charge in [-0.05, 0) is 43.8 Å². The van der Waals surface area contributed by atoms with E-state index in [1.54, 1.807) is 11.3 Å². The Bertz CT molecular complexity index is 635. The second-order valence-corrected chi connectivity index (χ2v) is 7.05. The van der Waals surface area contributed by atoms with Gasteiger partial charge in [-0.15, -0.1) is 11.3 Å². The molecule has 0 aromatic carbocycles. The molecule has 1 N–H and O–H groups in total. The van der Waals surface area contributed by atoms with Gasteiger partial charge in [0.05, 0.1) is 4.88 Å². The Morgan fingerprint density at radius 2 is 2.29 bits per heavy atom. The first-order chi connectivity index (χ1) is 11.8. The molecule has 0 unspecified atom stereocenters. The van der Waals surface area contributed by atoms with Gasteiger partial charge in [-0.3, -0.25) is 9.69 Å². The van der Waals surface area contributed by atoms with Gasteiger partial charge in [0.1, 0.15) is 0 Å². The monoisotopic (exact) mass is 348 g/mol. The van der Waals surface area contributed by atoms with E-state index in [0.717, 1.165) is 30.9 Å². The molecule has 1 aliphatic heterocycles. The van der Waals surface area contributed by atoms with E-state index in [0.29, 0.717) is 30.6 Å². The van der Waals surface area contributed by atoms with E-state index in [1.807, 2.05) is 17.5 Å². The fourth-order valence-corrected chi connectivity index (χ4v) is 3.69. The Labute approximate surface area is 146 Å². The van der Waals surface area contributed by atoms with Crippen LogP contribution in [0.25, 0.3) is 10.7 Å². The number of likely N-dealkylation sites (tertiary alicyclic amines) is 1. The molecular formula is C17H24N4O2S. The molecule has 2 aromatic rings. The van der Waals surface area contributed by atoms with Crippen LogP contribution in [0.1, 0.15) is 38.5 Å². The quantitative estimate of drug-likeness (QED) is 0.794. The normalized spacial score (nSPS) is 16.4. The third-order valence-corrected chi connectivity index (χ3v) is 5.30. The van der Waals surface area contributed by atoms with E-state index >= 15 is 0 Å². The lowest BCUT2D eigenvalue weighted by atomic mass is 10.2. The summed E-state index contributed by atoms with van der Waals surface area (Å²) in [6.07, 6.45) is 4.46. The minimum Gasteiger partial charge on any atom is -0.355 e. The molecule has 1 aliphatic rings. The number of amides is 1. The molecule has 24 heavy (non-hydrogen) atoms. The predicted molar refractivity (Wildman–Crippen MR) is 93.8 cm³/mol. The van der Waals surface area contributed by atoms with Crippen LogP contribution < -0.4 is 5.32 Å². The van der Waals surface area contributed by atoms with Crippen LogP contribution in [0.3, 0.4) is 0 Å². The summed E-state index contributed by atoms with van der Waals surface area (Å²) in [5, 5.41) is 8.98. The molecule has 0 radical (unpaired) electrons. The second-order valence-electron chi connectivity index (χ2n) is 6.10. The van der Waals surface area contributed by atoms with E-state index in [1.165, 1.54) is 12.8 Å². The fourth-order valence-electron chi connectivity index (χ4n) is 3.04. The minimum atomic E-state index is 0.0449. The summed E-state index contributed by atoms with van der Waals surface area (Å²) in [6, 6.07) is 4.36. The van der Waals surface area contributed by atoms with Crippen LogP contribution in [0.4, 0.5) is 0 Å². The van der Waals surface area contributed by atoms with Crippen LogP contribution in [0, 0.1) is 0 Å². The van der Waals surface area contributed by atoms with Crippen molar-refractivity contribution in [3.05, 3.63) is 23.4 Å². The lowest BCUT2D eigenvalue weighted by molar-refractivity contribution is -0.121. The SMILES string of the molecule is CC[C@H](CNC(=O)CCc1nc(-c2cccs2)no1)N1CCCC1. The number of rotatable bonds is 8. The molecular weight excluding hydrogens is 324 g/mol. The highest BCUT2D eigenvalue weighted by Gasteiger charge is 2.20. The van der Waals surface area contributed by atoms with E-state index in [9.17, 15) is 4.79 Å². The molecule has 7 heteroatoms. The molecule has 0 saturated carbocycles. The standard InChI is InChI=1S/C17H24N4O2S/c1-2-13(21-9-3-4-10-21)12-18-15(22)7-8-16-19-17(20-23-16)14-6-5-11-24-14/h5-6,11,13H,2-4,7-10,12H2,1H3,(H,18,22)/t13-/m1/s1. The highest BCUT2D eigenvalue weighted by atomic mass is 32.1. The van der Waals surface area contributed by atoms with E-state index in [2.05, 4.69) is 27.3 Å². The van der Waals surface area contributed by atoms with Crippen molar-refractivity contribution in [1.82, 2.24) is 20.4 Å². The van der Waals surface area contributed by atoms with Gasteiger partial charge in [-0.2, -0.15) is 4.98 Å². The number of nitrogens with one attached hydrogen (secondary N) is 1. The molecule has 130 valence electrons. The number of hydrogen-bond donors (Lipinski definition) is 1. The number of aromatic nitrogens is 2. The summed E-state index contributed by atoms with van der Waals surface area (Å²) < 4.78 is 5.22. The number of aryl methyl sites for hydroxylation is 1. The molecule has 2 aromatic heterocycles. The first kappa shape index (κ1) is 17.1. The van der Waals surface area contributed by atoms with Gasteiger partial charge in [-0.25, -0.2) is 0 Å². The lowest BCUT2D eigenvalue weighted by Crippen LogP contribution is -2.42. The topological polar surface area (TPSA) is 71.3 Å². The van der Waals surface area contributed by atoms with Gasteiger partial charge in [-0.1, -0.05) is 18.1 Å². The van der Waals surface area contributed by atoms with Crippen molar-refractivity contribution in [3.8, 4) is 10.7 Å². The van der Waals surface area contributed by atoms with Crippen LogP contribution in [0.15, 0.2) is 22.0 Å². The van der Waals surface area contributed by atoms with Crippen LogP contribution in [-0.4, -0.2) is 46.6 Å². The molecule has 1 amide bonds. The summed E-state index contributed by atoms with van der Waals surface area (Å²) in [4.78, 5) is 19.9. The van der Waals surface area contributed by atoms with Crippen molar-refractivity contribution in [1.29, 1.82) is 0 Å². The third kappa shape index (κ3) is 4.42. The molecule has 1 saturated heterocycles. The number of carbonyl (C=O) groups excluding carboxylic acids is 1. The summed E-state index contributed by atoms with van der Waals surface area (Å²) in [5.74, 6) is 1.16. The zero-order valence-corrected chi connectivity index (χ0v) is 14.8. The minimum absolute atomic E-state index is 0.0449. The van der Waals surface area contributed by atoms with Crippen molar-refractivity contribution in [3.63, 3.8) is 0 Å². The Balaban J connectivity index is 1.42. The Morgan fingerprint density at radius 1 is 1.46 bits per heavy atom. The van der Waals surface area contributed by atoms with E-state index in [-0.39, 0.29) is 5.91 Å². The molecule has 1 atom stereocenters. The van der Waals surface area contributed by atoms with Gasteiger partial charge in [0.15, 0.2) is 0 Å². The van der Waals surface area contributed by atoms with Gasteiger partial charge >= 0.3 is 0 Å². The van der Waals surface area contributed by atoms with Crippen LogP contribution in [-0.2, 0) is 11.2 Å². The fraction of sp³-hybridized carbons (Fsp3) is 0.588. The number of thiophene rings is 1.